The predicted octanol–water partition coefficient (Wildman–Crippen LogP) is 1.20. The van der Waals surface area contributed by atoms with Crippen LogP contribution in [0.2, 0.25) is 0 Å². The summed E-state index contributed by atoms with van der Waals surface area (Å²) in [6, 6.07) is 0. The first kappa shape index (κ1) is 19.7. The average molecular weight is 358 g/mol. The molecule has 25 heavy (non-hydrogen) atoms. The van der Waals surface area contributed by atoms with E-state index in [4.69, 9.17) is 23.7 Å². The largest absolute Gasteiger partial charge is 0.465 e. The third kappa shape index (κ3) is 3.64. The second-order valence-electron chi connectivity index (χ2n) is 6.63. The van der Waals surface area contributed by atoms with Crippen molar-refractivity contribution in [2.24, 2.45) is 11.8 Å². The summed E-state index contributed by atoms with van der Waals surface area (Å²) in [5.41, 5.74) is 0. The van der Waals surface area contributed by atoms with E-state index < -0.39 is 48.1 Å². The normalized spacial score (nSPS) is 35.8. The highest BCUT2D eigenvalue weighted by Gasteiger charge is 2.73. The second-order valence-corrected chi connectivity index (χ2v) is 6.63. The predicted molar refractivity (Wildman–Crippen MR) is 84.2 cm³/mol. The molecule has 2 aliphatic rings. The summed E-state index contributed by atoms with van der Waals surface area (Å²) >= 11 is 0. The molecule has 0 aromatic heterocycles. The van der Waals surface area contributed by atoms with Gasteiger partial charge in [0.25, 0.3) is 5.79 Å². The Kier molecular flexibility index (Phi) is 5.73. The number of fused-ring (bicyclic) bond motifs is 1. The number of methoxy groups -OCH3 is 1. The van der Waals surface area contributed by atoms with Gasteiger partial charge in [-0.25, -0.2) is 4.79 Å². The van der Waals surface area contributed by atoms with Crippen LogP contribution in [0.5, 0.6) is 0 Å². The minimum Gasteiger partial charge on any atom is -0.465 e. The van der Waals surface area contributed by atoms with Crippen LogP contribution in [0.3, 0.4) is 0 Å². The van der Waals surface area contributed by atoms with E-state index in [2.05, 4.69) is 0 Å². The molecule has 2 heterocycles. The number of carbonyl (C=O) groups excluding carboxylic acids is 3. The summed E-state index contributed by atoms with van der Waals surface area (Å²) in [5.74, 6) is -3.24. The Morgan fingerprint density at radius 2 is 1.64 bits per heavy atom. The number of carbonyl (C=O) groups is 3. The van der Waals surface area contributed by atoms with Crippen LogP contribution in [0.15, 0.2) is 0 Å². The van der Waals surface area contributed by atoms with Gasteiger partial charge < -0.3 is 23.7 Å². The van der Waals surface area contributed by atoms with Gasteiger partial charge >= 0.3 is 17.9 Å². The van der Waals surface area contributed by atoms with E-state index in [9.17, 15) is 14.4 Å². The van der Waals surface area contributed by atoms with Crippen LogP contribution in [-0.4, -0.2) is 55.2 Å². The molecule has 8 nitrogen and oxygen atoms in total. The zero-order valence-corrected chi connectivity index (χ0v) is 15.4. The minimum absolute atomic E-state index is 0.0363. The van der Waals surface area contributed by atoms with Gasteiger partial charge in [-0.3, -0.25) is 9.59 Å². The fourth-order valence-electron chi connectivity index (χ4n) is 3.45. The van der Waals surface area contributed by atoms with E-state index in [1.54, 1.807) is 0 Å². The summed E-state index contributed by atoms with van der Waals surface area (Å²) in [6.45, 7) is 8.24. The topological polar surface area (TPSA) is 101 Å². The van der Waals surface area contributed by atoms with Crippen molar-refractivity contribution in [3.05, 3.63) is 0 Å². The van der Waals surface area contributed by atoms with Crippen LogP contribution in [0.25, 0.3) is 0 Å². The van der Waals surface area contributed by atoms with Crippen LogP contribution < -0.4 is 0 Å². The molecule has 142 valence electrons. The Morgan fingerprint density at radius 3 is 2.12 bits per heavy atom. The molecule has 2 fully saturated rings. The van der Waals surface area contributed by atoms with Crippen molar-refractivity contribution in [1.82, 2.24) is 0 Å². The van der Waals surface area contributed by atoms with Crippen molar-refractivity contribution >= 4 is 17.9 Å². The van der Waals surface area contributed by atoms with Crippen molar-refractivity contribution in [2.45, 2.75) is 71.2 Å². The lowest BCUT2D eigenvalue weighted by Crippen LogP contribution is -2.55. The molecule has 3 unspecified atom stereocenters. The van der Waals surface area contributed by atoms with Gasteiger partial charge in [0.15, 0.2) is 6.10 Å². The quantitative estimate of drug-likeness (QED) is 0.397. The monoisotopic (exact) mass is 358 g/mol. The molecule has 2 aliphatic heterocycles. The van der Waals surface area contributed by atoms with Gasteiger partial charge in [0.2, 0.25) is 0 Å². The summed E-state index contributed by atoms with van der Waals surface area (Å²) in [5, 5.41) is 0. The highest BCUT2D eigenvalue weighted by atomic mass is 16.8. The first-order chi connectivity index (χ1) is 11.7. The fourth-order valence-corrected chi connectivity index (χ4v) is 3.45. The molecule has 2 rings (SSSR count). The molecule has 0 spiro atoms. The number of ether oxygens (including phenoxy) is 5. The lowest BCUT2D eigenvalue weighted by atomic mass is 9.80. The third-order valence-corrected chi connectivity index (χ3v) is 4.94. The van der Waals surface area contributed by atoms with Crippen LogP contribution in [0.1, 0.15) is 41.0 Å². The molecule has 0 aromatic carbocycles. The van der Waals surface area contributed by atoms with Crippen molar-refractivity contribution in [1.29, 1.82) is 0 Å². The summed E-state index contributed by atoms with van der Waals surface area (Å²) in [7, 11) is 1.26. The molecule has 0 aliphatic carbocycles. The Hall–Kier alpha value is -1.67. The molecular formula is C17H26O8. The minimum atomic E-state index is -1.47. The number of esters is 3. The highest BCUT2D eigenvalue weighted by molar-refractivity contribution is 5.81. The second kappa shape index (κ2) is 7.29. The SMILES string of the molecule is CC[C@@H](OC(C)=O)[C@@H](OC(C)=O)C1OC2(C(=O)OC)OC2[C@@H](C)[C@H]1C. The summed E-state index contributed by atoms with van der Waals surface area (Å²) < 4.78 is 27.0. The zero-order valence-electron chi connectivity index (χ0n) is 15.4. The van der Waals surface area contributed by atoms with Gasteiger partial charge in [-0.1, -0.05) is 20.8 Å². The van der Waals surface area contributed by atoms with E-state index in [1.807, 2.05) is 20.8 Å². The average Bonchev–Trinajstić information content (AvgIpc) is 3.29. The van der Waals surface area contributed by atoms with E-state index >= 15 is 0 Å². The molecule has 8 heteroatoms. The maximum Gasteiger partial charge on any atom is 0.369 e. The number of hydrogen-bond acceptors (Lipinski definition) is 8. The molecule has 0 saturated carbocycles. The van der Waals surface area contributed by atoms with Crippen LogP contribution in [0, 0.1) is 11.8 Å². The van der Waals surface area contributed by atoms with Crippen LogP contribution >= 0.6 is 0 Å². The van der Waals surface area contributed by atoms with Gasteiger partial charge in [0.1, 0.15) is 18.3 Å². The number of rotatable bonds is 6. The molecule has 0 radical (unpaired) electrons. The van der Waals surface area contributed by atoms with E-state index in [0.29, 0.717) is 6.42 Å². The number of epoxide rings is 1. The molecule has 7 atom stereocenters. The Morgan fingerprint density at radius 1 is 1.04 bits per heavy atom. The van der Waals surface area contributed by atoms with Crippen LogP contribution in [0.4, 0.5) is 0 Å². The van der Waals surface area contributed by atoms with E-state index in [1.165, 1.54) is 21.0 Å². The van der Waals surface area contributed by atoms with E-state index in [0.717, 1.165) is 0 Å². The van der Waals surface area contributed by atoms with Crippen molar-refractivity contribution in [3.63, 3.8) is 0 Å². The Bertz CT molecular complexity index is 547. The molecule has 2 saturated heterocycles. The molecule has 0 aromatic rings. The maximum absolute atomic E-state index is 12.1. The highest BCUT2D eigenvalue weighted by Crippen LogP contribution is 2.53. The van der Waals surface area contributed by atoms with Crippen molar-refractivity contribution in [3.8, 4) is 0 Å². The smallest absolute Gasteiger partial charge is 0.369 e. The molecule has 0 bridgehead atoms. The first-order valence-corrected chi connectivity index (χ1v) is 8.46. The zero-order chi connectivity index (χ0) is 18.9. The van der Waals surface area contributed by atoms with Crippen LogP contribution in [-0.2, 0) is 38.1 Å². The van der Waals surface area contributed by atoms with Gasteiger partial charge in [0.05, 0.1) is 7.11 Å². The Labute approximate surface area is 147 Å². The fraction of sp³-hybridized carbons (Fsp3) is 0.824. The van der Waals surface area contributed by atoms with E-state index in [-0.39, 0.29) is 11.8 Å². The summed E-state index contributed by atoms with van der Waals surface area (Å²) in [4.78, 5) is 35.2. The Balaban J connectivity index is 2.32. The summed E-state index contributed by atoms with van der Waals surface area (Å²) in [6.07, 6.45) is -2.20. The van der Waals surface area contributed by atoms with Gasteiger partial charge in [-0.05, 0) is 18.3 Å². The van der Waals surface area contributed by atoms with Gasteiger partial charge in [-0.2, -0.15) is 0 Å². The van der Waals surface area contributed by atoms with Crippen molar-refractivity contribution in [2.75, 3.05) is 7.11 Å². The van der Waals surface area contributed by atoms with Gasteiger partial charge in [0, 0.05) is 13.8 Å². The number of hydrogen-bond donors (Lipinski definition) is 0. The molecule has 0 N–H and O–H groups in total. The standard InChI is InChI=1S/C17H26O8/c1-7-12(22-10(4)18)14(23-11(5)19)13-8(2)9(3)15-17(24-13,25-15)16(20)21-6/h8-9,12-15H,7H2,1-6H3/t8-,9+,12-,13?,14-,15?,17?/m1/s1. The molecule has 0 amide bonds. The lowest BCUT2D eigenvalue weighted by molar-refractivity contribution is -0.218. The van der Waals surface area contributed by atoms with Crippen molar-refractivity contribution < 1.29 is 38.1 Å². The maximum atomic E-state index is 12.1. The van der Waals surface area contributed by atoms with Gasteiger partial charge in [-0.15, -0.1) is 0 Å². The molecular weight excluding hydrogens is 332 g/mol. The third-order valence-electron chi connectivity index (χ3n) is 4.94. The lowest BCUT2D eigenvalue weighted by Gasteiger charge is -2.40. The first-order valence-electron chi connectivity index (χ1n) is 8.46.